The minimum Gasteiger partial charge on any atom is -0.416 e. The van der Waals surface area contributed by atoms with E-state index in [1.54, 1.807) is 11.3 Å². The lowest BCUT2D eigenvalue weighted by molar-refractivity contribution is 0.419. The minimum atomic E-state index is 0.590. The number of aryl methyl sites for hydroxylation is 1. The number of hydrogen-bond donors (Lipinski definition) is 0. The van der Waals surface area contributed by atoms with Crippen molar-refractivity contribution in [2.45, 2.75) is 24.3 Å². The summed E-state index contributed by atoms with van der Waals surface area (Å²) in [7, 11) is 0. The molecule has 3 rings (SSSR count). The summed E-state index contributed by atoms with van der Waals surface area (Å²) in [6.45, 7) is 1.99. The highest BCUT2D eigenvalue weighted by Gasteiger charge is 2.10. The molecule has 0 spiro atoms. The van der Waals surface area contributed by atoms with Crippen LogP contribution in [0.4, 0.5) is 0 Å². The largest absolute Gasteiger partial charge is 0.416 e. The fourth-order valence-electron chi connectivity index (χ4n) is 1.77. The second-order valence-corrected chi connectivity index (χ2v) is 7.22. The van der Waals surface area contributed by atoms with Gasteiger partial charge in [-0.25, -0.2) is 4.98 Å². The normalized spacial score (nSPS) is 11.0. The highest BCUT2D eigenvalue weighted by atomic mass is 79.9. The molecule has 0 aliphatic carbocycles. The Morgan fingerprint density at radius 1 is 1.29 bits per heavy atom. The van der Waals surface area contributed by atoms with Gasteiger partial charge in [-0.2, -0.15) is 0 Å². The van der Waals surface area contributed by atoms with Gasteiger partial charge in [0.05, 0.1) is 17.1 Å². The average molecular weight is 382 g/mol. The van der Waals surface area contributed by atoms with Crippen molar-refractivity contribution in [2.75, 3.05) is 0 Å². The Balaban J connectivity index is 1.61. The molecule has 0 radical (unpaired) electrons. The molecule has 7 heteroatoms. The van der Waals surface area contributed by atoms with Crippen molar-refractivity contribution in [1.82, 2.24) is 15.2 Å². The van der Waals surface area contributed by atoms with E-state index in [1.807, 2.05) is 30.5 Å². The summed E-state index contributed by atoms with van der Waals surface area (Å²) in [6, 6.07) is 8.12. The van der Waals surface area contributed by atoms with Gasteiger partial charge in [0.1, 0.15) is 0 Å². The lowest BCUT2D eigenvalue weighted by Gasteiger charge is -2.00. The van der Waals surface area contributed by atoms with E-state index in [9.17, 15) is 0 Å². The molecule has 0 aliphatic heterocycles. The minimum absolute atomic E-state index is 0.590. The van der Waals surface area contributed by atoms with Gasteiger partial charge in [-0.3, -0.25) is 0 Å². The van der Waals surface area contributed by atoms with Gasteiger partial charge < -0.3 is 4.42 Å². The summed E-state index contributed by atoms with van der Waals surface area (Å²) < 4.78 is 6.74. The third kappa shape index (κ3) is 3.93. The lowest BCUT2D eigenvalue weighted by atomic mass is 10.2. The molecule has 0 saturated heterocycles. The molecule has 21 heavy (non-hydrogen) atoms. The quantitative estimate of drug-likeness (QED) is 0.609. The summed E-state index contributed by atoms with van der Waals surface area (Å²) in [5.41, 5.74) is 2.18. The van der Waals surface area contributed by atoms with Crippen LogP contribution in [0.5, 0.6) is 0 Å². The van der Waals surface area contributed by atoms with E-state index in [-0.39, 0.29) is 0 Å². The van der Waals surface area contributed by atoms with Crippen molar-refractivity contribution < 1.29 is 4.42 Å². The zero-order valence-corrected chi connectivity index (χ0v) is 14.5. The van der Waals surface area contributed by atoms with Crippen molar-refractivity contribution in [2.24, 2.45) is 0 Å². The topological polar surface area (TPSA) is 51.8 Å². The molecule has 1 aromatic carbocycles. The van der Waals surface area contributed by atoms with Crippen LogP contribution in [0.3, 0.4) is 0 Å². The van der Waals surface area contributed by atoms with Gasteiger partial charge in [0.2, 0.25) is 5.89 Å². The van der Waals surface area contributed by atoms with Crippen molar-refractivity contribution in [1.29, 1.82) is 0 Å². The highest BCUT2D eigenvalue weighted by Crippen LogP contribution is 2.26. The van der Waals surface area contributed by atoms with Crippen molar-refractivity contribution in [3.63, 3.8) is 0 Å². The van der Waals surface area contributed by atoms with E-state index in [2.05, 4.69) is 37.2 Å². The Morgan fingerprint density at radius 3 is 2.90 bits per heavy atom. The first-order valence-corrected chi connectivity index (χ1v) is 8.96. The van der Waals surface area contributed by atoms with E-state index >= 15 is 0 Å². The summed E-state index contributed by atoms with van der Waals surface area (Å²) >= 11 is 6.70. The zero-order chi connectivity index (χ0) is 14.7. The summed E-state index contributed by atoms with van der Waals surface area (Å²) in [5.74, 6) is 1.40. The fraction of sp³-hybridized carbons (Fsp3) is 0.214. The van der Waals surface area contributed by atoms with E-state index < -0.39 is 0 Å². The maximum absolute atomic E-state index is 5.65. The van der Waals surface area contributed by atoms with Crippen LogP contribution in [0, 0.1) is 6.92 Å². The molecule has 2 heterocycles. The van der Waals surface area contributed by atoms with Gasteiger partial charge in [-0.05, 0) is 18.6 Å². The third-order valence-electron chi connectivity index (χ3n) is 2.76. The van der Waals surface area contributed by atoms with E-state index in [4.69, 9.17) is 4.42 Å². The molecule has 0 unspecified atom stereocenters. The number of thiazole rings is 1. The number of benzene rings is 1. The number of thioether (sulfide) groups is 1. The maximum Gasteiger partial charge on any atom is 0.276 e. The van der Waals surface area contributed by atoms with E-state index in [0.29, 0.717) is 17.5 Å². The van der Waals surface area contributed by atoms with Gasteiger partial charge in [-0.15, -0.1) is 21.5 Å². The van der Waals surface area contributed by atoms with Crippen LogP contribution in [0.25, 0.3) is 0 Å². The fourth-order valence-corrected chi connectivity index (χ4v) is 3.77. The molecule has 0 amide bonds. The molecule has 0 N–H and O–H groups in total. The monoisotopic (exact) mass is 381 g/mol. The van der Waals surface area contributed by atoms with Gasteiger partial charge in [-0.1, -0.05) is 45.9 Å². The first-order valence-electron chi connectivity index (χ1n) is 6.30. The van der Waals surface area contributed by atoms with Crippen molar-refractivity contribution >= 4 is 39.0 Å². The second-order valence-electron chi connectivity index (χ2n) is 4.38. The van der Waals surface area contributed by atoms with Gasteiger partial charge in [0.25, 0.3) is 5.22 Å². The molecule has 0 saturated carbocycles. The molecule has 0 atom stereocenters. The zero-order valence-electron chi connectivity index (χ0n) is 11.2. The molecular formula is C14H12BrN3OS2. The molecule has 0 aliphatic rings. The second kappa shape index (κ2) is 6.72. The van der Waals surface area contributed by atoms with Crippen molar-refractivity contribution in [3.8, 4) is 0 Å². The van der Waals surface area contributed by atoms with Crippen LogP contribution in [0.15, 0.2) is 43.8 Å². The lowest BCUT2D eigenvalue weighted by Crippen LogP contribution is -1.88. The SMILES string of the molecule is Cc1nc(Cc2nnc(SCc3ccccc3Br)o2)cs1. The summed E-state index contributed by atoms with van der Waals surface area (Å²) in [4.78, 5) is 4.40. The van der Waals surface area contributed by atoms with Gasteiger partial charge >= 0.3 is 0 Å². The van der Waals surface area contributed by atoms with Crippen molar-refractivity contribution in [3.05, 3.63) is 56.3 Å². The van der Waals surface area contributed by atoms with Crippen LogP contribution in [0.1, 0.15) is 22.2 Å². The van der Waals surface area contributed by atoms with E-state index in [0.717, 1.165) is 20.9 Å². The molecule has 2 aromatic heterocycles. The Morgan fingerprint density at radius 2 is 2.14 bits per heavy atom. The number of hydrogen-bond acceptors (Lipinski definition) is 6. The summed E-state index contributed by atoms with van der Waals surface area (Å²) in [5, 5.41) is 11.8. The Hall–Kier alpha value is -1.18. The average Bonchev–Trinajstić information content (AvgIpc) is 3.08. The number of aromatic nitrogens is 3. The van der Waals surface area contributed by atoms with Gasteiger partial charge in [0, 0.05) is 15.6 Å². The van der Waals surface area contributed by atoms with Crippen LogP contribution >= 0.6 is 39.0 Å². The summed E-state index contributed by atoms with van der Waals surface area (Å²) in [6.07, 6.45) is 0.590. The smallest absolute Gasteiger partial charge is 0.276 e. The third-order valence-corrected chi connectivity index (χ3v) is 5.22. The van der Waals surface area contributed by atoms with Crippen LogP contribution in [0.2, 0.25) is 0 Å². The maximum atomic E-state index is 5.65. The van der Waals surface area contributed by atoms with Crippen LogP contribution in [-0.4, -0.2) is 15.2 Å². The number of nitrogens with zero attached hydrogens (tertiary/aromatic N) is 3. The van der Waals surface area contributed by atoms with E-state index in [1.165, 1.54) is 17.3 Å². The Kier molecular flexibility index (Phi) is 4.72. The Bertz CT molecular complexity index is 741. The predicted octanol–water partition coefficient (Wildman–Crippen LogP) is 4.48. The number of halogens is 1. The molecule has 4 nitrogen and oxygen atoms in total. The first-order chi connectivity index (χ1) is 10.2. The molecule has 0 fully saturated rings. The molecule has 0 bridgehead atoms. The standard InChI is InChI=1S/C14H12BrN3OS2/c1-9-16-11(8-20-9)6-13-17-18-14(19-13)21-7-10-4-2-3-5-12(10)15/h2-5,8H,6-7H2,1H3. The molecule has 108 valence electrons. The van der Waals surface area contributed by atoms with Gasteiger partial charge in [0.15, 0.2) is 0 Å². The molecule has 3 aromatic rings. The van der Waals surface area contributed by atoms with Crippen LogP contribution in [-0.2, 0) is 12.2 Å². The molecular weight excluding hydrogens is 370 g/mol. The number of rotatable bonds is 5. The predicted molar refractivity (Wildman–Crippen MR) is 87.7 cm³/mol. The first kappa shape index (κ1) is 14.7. The Labute approximate surface area is 139 Å². The highest BCUT2D eigenvalue weighted by molar-refractivity contribution is 9.10. The van der Waals surface area contributed by atoms with Crippen LogP contribution < -0.4 is 0 Å².